The Kier molecular flexibility index (Phi) is 7.88. The molecule has 8 aromatic rings. The molecule has 0 aliphatic carbocycles. The van der Waals surface area contributed by atoms with Crippen molar-refractivity contribution >= 4 is 23.5 Å². The number of hydrogen-bond acceptors (Lipinski definition) is 4. The van der Waals surface area contributed by atoms with Gasteiger partial charge in [0.05, 0.1) is 0 Å². The lowest BCUT2D eigenvalue weighted by atomic mass is 9.43. The first-order chi connectivity index (χ1) is 26.8. The summed E-state index contributed by atoms with van der Waals surface area (Å²) in [5, 5.41) is 0. The average Bonchev–Trinajstić information content (AvgIpc) is 3.27. The Morgan fingerprint density at radius 2 is 0.926 bits per heavy atom. The van der Waals surface area contributed by atoms with Crippen molar-refractivity contribution in [3.8, 4) is 67.5 Å². The van der Waals surface area contributed by atoms with E-state index in [0.717, 1.165) is 44.6 Å². The zero-order valence-corrected chi connectivity index (χ0v) is 29.4. The summed E-state index contributed by atoms with van der Waals surface area (Å²) in [7, 11) is 0. The second-order valence-electron chi connectivity index (χ2n) is 13.6. The van der Waals surface area contributed by atoms with Crippen LogP contribution in [0.1, 0.15) is 5.56 Å². The summed E-state index contributed by atoms with van der Waals surface area (Å²) < 4.78 is 0. The van der Waals surface area contributed by atoms with Gasteiger partial charge in [-0.2, -0.15) is 0 Å². The number of fused-ring (bicyclic) bond motifs is 6. The highest BCUT2D eigenvalue weighted by atomic mass is 15.1. The fourth-order valence-corrected chi connectivity index (χ4v) is 7.86. The van der Waals surface area contributed by atoms with Crippen LogP contribution >= 0.6 is 0 Å². The SMILES string of the molecule is C1=CN2B(C(c3ccccc3)=C1)c1ccccc1-c1c(-c3ccccc3)cc(-c3nc(-c4ccccc4)nc(-c4cccc(-c5ccccc5)c4)n3)cc12. The minimum Gasteiger partial charge on any atom is -0.382 e. The van der Waals surface area contributed by atoms with E-state index in [1.54, 1.807) is 0 Å². The Hall–Kier alpha value is -7.11. The van der Waals surface area contributed by atoms with E-state index in [1.165, 1.54) is 27.6 Å². The van der Waals surface area contributed by atoms with Crippen LogP contribution in [0.5, 0.6) is 0 Å². The van der Waals surface area contributed by atoms with Crippen molar-refractivity contribution in [2.75, 3.05) is 4.81 Å². The van der Waals surface area contributed by atoms with Gasteiger partial charge in [-0.1, -0.05) is 170 Å². The average molecular weight is 689 g/mol. The topological polar surface area (TPSA) is 41.9 Å². The second-order valence-corrected chi connectivity index (χ2v) is 13.6. The van der Waals surface area contributed by atoms with Gasteiger partial charge in [-0.3, -0.25) is 0 Å². The molecule has 0 unspecified atom stereocenters. The molecule has 5 heteroatoms. The smallest absolute Gasteiger partial charge is 0.328 e. The third kappa shape index (κ3) is 5.64. The molecular weight excluding hydrogens is 655 g/mol. The fraction of sp³-hybridized carbons (Fsp3) is 0. The van der Waals surface area contributed by atoms with E-state index in [2.05, 4.69) is 181 Å². The highest BCUT2D eigenvalue weighted by Crippen LogP contribution is 2.47. The van der Waals surface area contributed by atoms with Crippen molar-refractivity contribution in [1.82, 2.24) is 15.0 Å². The predicted molar refractivity (Wildman–Crippen MR) is 224 cm³/mol. The van der Waals surface area contributed by atoms with Crippen LogP contribution in [0.2, 0.25) is 0 Å². The van der Waals surface area contributed by atoms with Gasteiger partial charge in [0.2, 0.25) is 0 Å². The minimum atomic E-state index is -0.00509. The van der Waals surface area contributed by atoms with Crippen molar-refractivity contribution in [3.05, 3.63) is 206 Å². The van der Waals surface area contributed by atoms with Crippen molar-refractivity contribution in [1.29, 1.82) is 0 Å². The highest BCUT2D eigenvalue weighted by molar-refractivity contribution is 6.94. The van der Waals surface area contributed by atoms with Gasteiger partial charge in [0, 0.05) is 27.9 Å². The van der Waals surface area contributed by atoms with Gasteiger partial charge in [-0.25, -0.2) is 15.0 Å². The van der Waals surface area contributed by atoms with Crippen molar-refractivity contribution in [2.45, 2.75) is 0 Å². The lowest BCUT2D eigenvalue weighted by molar-refractivity contribution is 1.07. The number of benzene rings is 7. The maximum atomic E-state index is 5.26. The molecule has 0 spiro atoms. The number of allylic oxidation sites excluding steroid dienone is 2. The van der Waals surface area contributed by atoms with Crippen molar-refractivity contribution < 1.29 is 0 Å². The molecule has 0 fully saturated rings. The van der Waals surface area contributed by atoms with E-state index in [1.807, 2.05) is 24.3 Å². The fourth-order valence-electron chi connectivity index (χ4n) is 7.86. The number of hydrogen-bond donors (Lipinski definition) is 0. The zero-order chi connectivity index (χ0) is 35.8. The summed E-state index contributed by atoms with van der Waals surface area (Å²) in [5.74, 6) is 1.89. The number of nitrogens with zero attached hydrogens (tertiary/aromatic N) is 4. The summed E-state index contributed by atoms with van der Waals surface area (Å²) in [6.45, 7) is -0.00509. The van der Waals surface area contributed by atoms with Crippen LogP contribution < -0.4 is 10.3 Å². The van der Waals surface area contributed by atoms with Gasteiger partial charge in [0.25, 0.3) is 0 Å². The van der Waals surface area contributed by atoms with E-state index < -0.39 is 0 Å². The second kappa shape index (κ2) is 13.5. The monoisotopic (exact) mass is 688 g/mol. The third-order valence-corrected chi connectivity index (χ3v) is 10.4. The highest BCUT2D eigenvalue weighted by Gasteiger charge is 2.39. The Bertz CT molecular complexity index is 2710. The predicted octanol–water partition coefficient (Wildman–Crippen LogP) is 11.0. The summed E-state index contributed by atoms with van der Waals surface area (Å²) >= 11 is 0. The molecule has 2 aliphatic heterocycles. The molecule has 1 aromatic heterocycles. The maximum absolute atomic E-state index is 5.26. The Morgan fingerprint density at radius 1 is 0.389 bits per heavy atom. The summed E-state index contributed by atoms with van der Waals surface area (Å²) in [6.07, 6.45) is 6.64. The van der Waals surface area contributed by atoms with Crippen LogP contribution in [0, 0.1) is 0 Å². The van der Waals surface area contributed by atoms with Crippen LogP contribution in [0.25, 0.3) is 73.0 Å². The molecule has 0 bridgehead atoms. The van der Waals surface area contributed by atoms with Gasteiger partial charge in [-0.05, 0) is 74.8 Å². The van der Waals surface area contributed by atoms with Gasteiger partial charge in [0.15, 0.2) is 17.5 Å². The van der Waals surface area contributed by atoms with E-state index in [4.69, 9.17) is 15.0 Å². The molecule has 0 N–H and O–H groups in total. The lowest BCUT2D eigenvalue weighted by Crippen LogP contribution is -2.51. The molecule has 54 heavy (non-hydrogen) atoms. The zero-order valence-electron chi connectivity index (χ0n) is 29.4. The van der Waals surface area contributed by atoms with Crippen LogP contribution in [0.4, 0.5) is 5.69 Å². The maximum Gasteiger partial charge on any atom is 0.328 e. The number of rotatable bonds is 6. The molecule has 0 saturated heterocycles. The number of anilines is 1. The van der Waals surface area contributed by atoms with Crippen LogP contribution in [0.15, 0.2) is 200 Å². The molecule has 0 saturated carbocycles. The molecular formula is C49H33BN4. The molecule has 0 radical (unpaired) electrons. The van der Waals surface area contributed by atoms with E-state index >= 15 is 0 Å². The van der Waals surface area contributed by atoms with E-state index in [0.29, 0.717) is 17.5 Å². The van der Waals surface area contributed by atoms with Gasteiger partial charge in [0.1, 0.15) is 0 Å². The molecule has 3 heterocycles. The first-order valence-electron chi connectivity index (χ1n) is 18.3. The Morgan fingerprint density at radius 3 is 1.63 bits per heavy atom. The van der Waals surface area contributed by atoms with Gasteiger partial charge >= 0.3 is 6.85 Å². The molecule has 7 aromatic carbocycles. The third-order valence-electron chi connectivity index (χ3n) is 10.4. The Balaban J connectivity index is 1.21. The molecule has 2 aliphatic rings. The van der Waals surface area contributed by atoms with Crippen LogP contribution in [-0.2, 0) is 0 Å². The number of aromatic nitrogens is 3. The molecule has 0 atom stereocenters. The van der Waals surface area contributed by atoms with Gasteiger partial charge < -0.3 is 4.81 Å². The molecule has 252 valence electrons. The van der Waals surface area contributed by atoms with E-state index in [-0.39, 0.29) is 6.85 Å². The van der Waals surface area contributed by atoms with Crippen molar-refractivity contribution in [2.24, 2.45) is 0 Å². The molecule has 10 rings (SSSR count). The lowest BCUT2D eigenvalue weighted by Gasteiger charge is -2.40. The summed E-state index contributed by atoms with van der Waals surface area (Å²) in [5.41, 5.74) is 14.6. The van der Waals surface area contributed by atoms with Crippen LogP contribution in [-0.4, -0.2) is 21.8 Å². The molecule has 4 nitrogen and oxygen atoms in total. The summed E-state index contributed by atoms with van der Waals surface area (Å²) in [6, 6.07) is 63.9. The van der Waals surface area contributed by atoms with Crippen molar-refractivity contribution in [3.63, 3.8) is 0 Å². The first kappa shape index (κ1) is 31.6. The van der Waals surface area contributed by atoms with E-state index in [9.17, 15) is 0 Å². The normalized spacial score (nSPS) is 12.8. The molecule has 0 amide bonds. The Labute approximate surface area is 315 Å². The first-order valence-corrected chi connectivity index (χ1v) is 18.3. The minimum absolute atomic E-state index is 0.00509. The van der Waals surface area contributed by atoms with Crippen LogP contribution in [0.3, 0.4) is 0 Å². The summed E-state index contributed by atoms with van der Waals surface area (Å²) in [4.78, 5) is 18.0. The quantitative estimate of drug-likeness (QED) is 0.163. The van der Waals surface area contributed by atoms with Gasteiger partial charge in [-0.15, -0.1) is 0 Å². The standard InChI is InChI=1S/C49H33BN4/c1-5-17-34(18-6-1)38-25-15-26-39(31-38)48-51-47(37-23-11-4-12-24-37)52-49(53-48)40-32-42(35-19-7-2-8-20-35)46-41-27-13-14-28-44(41)50-43(36-21-9-3-10-22-36)29-16-30-54(50)45(46)33-40/h1-33H. The largest absolute Gasteiger partial charge is 0.382 e.